The van der Waals surface area contributed by atoms with Crippen molar-refractivity contribution in [3.63, 3.8) is 0 Å². The van der Waals surface area contributed by atoms with Gasteiger partial charge >= 0.3 is 25.7 Å². The van der Waals surface area contributed by atoms with Crippen LogP contribution in [0.2, 0.25) is 0 Å². The number of allylic oxidation sites excluding steroid dienone is 19. The Morgan fingerprint density at radius 1 is 0.395 bits per heavy atom. The van der Waals surface area contributed by atoms with Crippen LogP contribution in [0.25, 0.3) is 0 Å². The minimum atomic E-state index is -4.79. The van der Waals surface area contributed by atoms with Crippen LogP contribution in [0.4, 0.5) is 0 Å². The second-order valence-electron chi connectivity index (χ2n) is 19.1. The highest BCUT2D eigenvalue weighted by molar-refractivity contribution is 7.47. The van der Waals surface area contributed by atoms with Crippen LogP contribution < -0.4 is 0 Å². The first-order valence-electron chi connectivity index (χ1n) is 29.4. The third-order valence-electron chi connectivity index (χ3n) is 11.9. The Labute approximate surface area is 462 Å². The summed E-state index contributed by atoms with van der Waals surface area (Å²) < 4.78 is 39.4. The SMILES string of the molecule is CC/C=C\C/C=C\C/C=C\C/C=C\C/C=C\CC(=O)OC(CO)COP(=O)(O)OCC(COC(=O)CCCCCC/C=C\C/C=C\C/C=C\C/C=C\CC)OC(=O)CCCCCCCCC/C=C\CCCCCCCC. The number of phosphoric ester groups is 1. The van der Waals surface area contributed by atoms with Crippen LogP contribution in [-0.2, 0) is 42.2 Å². The number of phosphoric acid groups is 1. The number of esters is 3. The number of rotatable bonds is 53. The molecule has 2 N–H and O–H groups in total. The van der Waals surface area contributed by atoms with Crippen molar-refractivity contribution < 1.29 is 52.2 Å². The van der Waals surface area contributed by atoms with Crippen molar-refractivity contribution in [2.75, 3.05) is 26.4 Å². The number of aliphatic hydroxyl groups is 1. The van der Waals surface area contributed by atoms with Gasteiger partial charge in [-0.2, -0.15) is 0 Å². The molecule has 0 heterocycles. The van der Waals surface area contributed by atoms with Gasteiger partial charge < -0.3 is 24.2 Å². The van der Waals surface area contributed by atoms with E-state index in [2.05, 4.69) is 118 Å². The van der Waals surface area contributed by atoms with Crippen molar-refractivity contribution in [3.8, 4) is 0 Å². The van der Waals surface area contributed by atoms with E-state index in [0.717, 1.165) is 109 Å². The van der Waals surface area contributed by atoms with Crippen LogP contribution in [-0.4, -0.2) is 66.5 Å². The normalized spacial score (nSPS) is 14.2. The average molecular weight is 1080 g/mol. The zero-order valence-electron chi connectivity index (χ0n) is 47.7. The Morgan fingerprint density at radius 2 is 0.737 bits per heavy atom. The predicted molar refractivity (Wildman–Crippen MR) is 316 cm³/mol. The number of aliphatic hydroxyl groups excluding tert-OH is 1. The van der Waals surface area contributed by atoms with E-state index in [1.54, 1.807) is 6.08 Å². The van der Waals surface area contributed by atoms with Gasteiger partial charge in [0, 0.05) is 12.8 Å². The second kappa shape index (κ2) is 57.1. The van der Waals surface area contributed by atoms with Crippen LogP contribution >= 0.6 is 7.82 Å². The van der Waals surface area contributed by atoms with Crippen LogP contribution in [0.15, 0.2) is 122 Å². The number of carbonyl (C=O) groups excluding carboxylic acids is 3. The molecule has 0 fully saturated rings. The highest BCUT2D eigenvalue weighted by atomic mass is 31.2. The molecule has 3 unspecified atom stereocenters. The van der Waals surface area contributed by atoms with E-state index in [1.807, 2.05) is 18.2 Å². The molecule has 0 aliphatic rings. The number of unbranched alkanes of at least 4 members (excludes halogenated alkanes) is 17. The summed E-state index contributed by atoms with van der Waals surface area (Å²) in [5.41, 5.74) is 0. The molecule has 0 aromatic heterocycles. The molecule has 0 spiro atoms. The Morgan fingerprint density at radius 3 is 1.17 bits per heavy atom. The first-order chi connectivity index (χ1) is 37.2. The maximum Gasteiger partial charge on any atom is 0.472 e. The molecule has 0 aromatic rings. The summed E-state index contributed by atoms with van der Waals surface area (Å²) in [5, 5.41) is 9.80. The van der Waals surface area contributed by atoms with E-state index in [-0.39, 0.29) is 25.9 Å². The molecule has 3 atom stereocenters. The second-order valence-corrected chi connectivity index (χ2v) is 20.5. The van der Waals surface area contributed by atoms with Gasteiger partial charge in [0.05, 0.1) is 26.2 Å². The fourth-order valence-corrected chi connectivity index (χ4v) is 8.26. The molecule has 0 aliphatic heterocycles. The van der Waals surface area contributed by atoms with Crippen molar-refractivity contribution in [3.05, 3.63) is 122 Å². The van der Waals surface area contributed by atoms with E-state index < -0.39 is 57.8 Å². The minimum absolute atomic E-state index is 0.0623. The van der Waals surface area contributed by atoms with E-state index in [0.29, 0.717) is 19.3 Å². The Balaban J connectivity index is 4.86. The molecule has 0 saturated carbocycles. The van der Waals surface area contributed by atoms with Crippen molar-refractivity contribution in [2.24, 2.45) is 0 Å². The molecule has 0 aliphatic carbocycles. The summed E-state index contributed by atoms with van der Waals surface area (Å²) in [6.07, 6.45) is 70.4. The highest BCUT2D eigenvalue weighted by Gasteiger charge is 2.28. The van der Waals surface area contributed by atoms with Gasteiger partial charge in [0.1, 0.15) is 12.7 Å². The first-order valence-corrected chi connectivity index (χ1v) is 30.9. The number of hydrogen-bond donors (Lipinski definition) is 2. The lowest BCUT2D eigenvalue weighted by Crippen LogP contribution is -2.30. The third-order valence-corrected chi connectivity index (χ3v) is 12.8. The molecular weight excluding hydrogens is 976 g/mol. The van der Waals surface area contributed by atoms with Gasteiger partial charge in [-0.15, -0.1) is 0 Å². The molecule has 0 bridgehead atoms. The maximum atomic E-state index is 12.9. The van der Waals surface area contributed by atoms with Gasteiger partial charge in [-0.05, 0) is 109 Å². The number of carbonyl (C=O) groups is 3. The van der Waals surface area contributed by atoms with Crippen LogP contribution in [0.3, 0.4) is 0 Å². The molecule has 0 saturated heterocycles. The van der Waals surface area contributed by atoms with Gasteiger partial charge in [-0.3, -0.25) is 23.4 Å². The monoisotopic (exact) mass is 1080 g/mol. The predicted octanol–water partition coefficient (Wildman–Crippen LogP) is 17.6. The van der Waals surface area contributed by atoms with Gasteiger partial charge in [0.25, 0.3) is 0 Å². The molecule has 0 aromatic carbocycles. The number of ether oxygens (including phenoxy) is 3. The number of hydrogen-bond acceptors (Lipinski definition) is 10. The third kappa shape index (κ3) is 54.7. The highest BCUT2D eigenvalue weighted by Crippen LogP contribution is 2.43. The van der Waals surface area contributed by atoms with Crippen LogP contribution in [0.1, 0.15) is 226 Å². The lowest BCUT2D eigenvalue weighted by Gasteiger charge is -2.21. The average Bonchev–Trinajstić information content (AvgIpc) is 3.41. The quantitative estimate of drug-likeness (QED) is 0.0197. The maximum absolute atomic E-state index is 12.9. The lowest BCUT2D eigenvalue weighted by molar-refractivity contribution is -0.161. The Bertz CT molecular complexity index is 1740. The standard InChI is InChI=1S/C64H105O11P/c1-4-7-10-13-16-19-22-25-28-30-33-35-38-41-44-47-50-53-62(66)71-57-61(75-64(68)55-52-49-46-43-40-37-34-31-29-26-23-20-17-14-11-8-5-2)59-73-76(69,70)72-58-60(56-65)74-63(67)54-51-48-45-42-39-36-32-27-24-21-18-15-12-9-6-3/h7,9-10,12,16,18-19,21,25-29,32-33,35,39,42,48,51,60-61,65H,4-6,8,11,13-15,17,20,22-24,30-31,34,36-38,40-41,43-47,49-50,52-59H2,1-3H3,(H,69,70)/b10-7-,12-9-,19-16-,21-18-,28-25-,29-26-,32-27-,35-33-,42-39-,51-48-. The fourth-order valence-electron chi connectivity index (χ4n) is 7.48. The smallest absolute Gasteiger partial charge is 0.462 e. The fraction of sp³-hybridized carbons (Fsp3) is 0.641. The summed E-state index contributed by atoms with van der Waals surface area (Å²) in [6.45, 7) is 4.26. The molecule has 0 rings (SSSR count). The Hall–Kier alpha value is -4.12. The van der Waals surface area contributed by atoms with E-state index >= 15 is 0 Å². The Kier molecular flexibility index (Phi) is 54.0. The van der Waals surface area contributed by atoms with E-state index in [9.17, 15) is 28.9 Å². The lowest BCUT2D eigenvalue weighted by atomic mass is 10.1. The van der Waals surface area contributed by atoms with Crippen molar-refractivity contribution >= 4 is 25.7 Å². The van der Waals surface area contributed by atoms with Gasteiger partial charge in [0.15, 0.2) is 6.10 Å². The van der Waals surface area contributed by atoms with Crippen LogP contribution in [0, 0.1) is 0 Å². The van der Waals surface area contributed by atoms with Gasteiger partial charge in [0.2, 0.25) is 0 Å². The first kappa shape index (κ1) is 71.9. The summed E-state index contributed by atoms with van der Waals surface area (Å²) in [4.78, 5) is 48.5. The summed E-state index contributed by atoms with van der Waals surface area (Å²) >= 11 is 0. The largest absolute Gasteiger partial charge is 0.472 e. The topological polar surface area (TPSA) is 155 Å². The van der Waals surface area contributed by atoms with E-state index in [4.69, 9.17) is 23.3 Å². The molecule has 11 nitrogen and oxygen atoms in total. The summed E-state index contributed by atoms with van der Waals surface area (Å²) in [7, 11) is -4.79. The molecular formula is C64H105O11P. The molecule has 76 heavy (non-hydrogen) atoms. The van der Waals surface area contributed by atoms with Gasteiger partial charge in [-0.1, -0.05) is 219 Å². The van der Waals surface area contributed by atoms with Crippen molar-refractivity contribution in [2.45, 2.75) is 238 Å². The zero-order chi connectivity index (χ0) is 55.5. The van der Waals surface area contributed by atoms with Gasteiger partial charge in [-0.25, -0.2) is 4.57 Å². The minimum Gasteiger partial charge on any atom is -0.462 e. The van der Waals surface area contributed by atoms with E-state index in [1.165, 1.54) is 57.8 Å². The van der Waals surface area contributed by atoms with Crippen molar-refractivity contribution in [1.82, 2.24) is 0 Å². The van der Waals surface area contributed by atoms with Crippen LogP contribution in [0.5, 0.6) is 0 Å². The zero-order valence-corrected chi connectivity index (χ0v) is 48.6. The van der Waals surface area contributed by atoms with Crippen molar-refractivity contribution in [1.29, 1.82) is 0 Å². The molecule has 432 valence electrons. The molecule has 0 radical (unpaired) electrons. The summed E-state index contributed by atoms with van der Waals surface area (Å²) in [6, 6.07) is 0. The molecule has 0 amide bonds. The summed E-state index contributed by atoms with van der Waals surface area (Å²) in [5.74, 6) is -1.64. The molecule has 12 heteroatoms.